The third-order valence-electron chi connectivity index (χ3n) is 3.90. The molecule has 8 nitrogen and oxygen atoms in total. The molecule has 28 heavy (non-hydrogen) atoms. The van der Waals surface area contributed by atoms with Crippen LogP contribution in [0.2, 0.25) is 0 Å². The van der Waals surface area contributed by atoms with Crippen molar-refractivity contribution in [3.63, 3.8) is 0 Å². The van der Waals surface area contributed by atoms with Gasteiger partial charge in [0.1, 0.15) is 6.61 Å². The standard InChI is InChI=1S/C20H18O8/c1-24-16-9-13(4-6-15(16)26-10-19(22)23)14(21)5-3-12-7-17(25-2)20-18(8-12)27-11-28-20/h3-9H,10-11H2,1-2H3,(H,22,23)/p-1/b5-3+. The molecule has 0 spiro atoms. The lowest BCUT2D eigenvalue weighted by atomic mass is 10.1. The monoisotopic (exact) mass is 385 g/mol. The fourth-order valence-corrected chi connectivity index (χ4v) is 2.59. The summed E-state index contributed by atoms with van der Waals surface area (Å²) in [6.07, 6.45) is 3.02. The molecule has 1 aliphatic rings. The Morgan fingerprint density at radius 1 is 1.07 bits per heavy atom. The number of carboxylic acid groups (broad SMARTS) is 1. The Bertz CT molecular complexity index is 932. The van der Waals surface area contributed by atoms with Crippen LogP contribution in [0.15, 0.2) is 36.4 Å². The maximum Gasteiger partial charge on any atom is 0.231 e. The van der Waals surface area contributed by atoms with Crippen molar-refractivity contribution in [3.8, 4) is 28.7 Å². The molecule has 0 fully saturated rings. The number of carboxylic acids is 1. The van der Waals surface area contributed by atoms with Crippen molar-refractivity contribution >= 4 is 17.8 Å². The molecule has 0 atom stereocenters. The molecule has 2 aromatic rings. The summed E-state index contributed by atoms with van der Waals surface area (Å²) in [4.78, 5) is 23.0. The third kappa shape index (κ3) is 4.17. The number of carbonyl (C=O) groups excluding carboxylic acids is 2. The summed E-state index contributed by atoms with van der Waals surface area (Å²) in [5.74, 6) is 0.396. The fourth-order valence-electron chi connectivity index (χ4n) is 2.59. The Labute approximate surface area is 160 Å². The summed E-state index contributed by atoms with van der Waals surface area (Å²) in [6, 6.07) is 7.92. The largest absolute Gasteiger partial charge is 0.546 e. The smallest absolute Gasteiger partial charge is 0.231 e. The number of carbonyl (C=O) groups is 2. The van der Waals surface area contributed by atoms with Crippen LogP contribution in [0.1, 0.15) is 15.9 Å². The molecule has 0 bridgehead atoms. The van der Waals surface area contributed by atoms with E-state index < -0.39 is 12.6 Å². The molecule has 0 unspecified atom stereocenters. The van der Waals surface area contributed by atoms with Crippen molar-refractivity contribution in [2.45, 2.75) is 0 Å². The van der Waals surface area contributed by atoms with Gasteiger partial charge in [-0.1, -0.05) is 6.08 Å². The molecule has 0 saturated carbocycles. The molecule has 0 radical (unpaired) electrons. The van der Waals surface area contributed by atoms with Crippen molar-refractivity contribution in [2.24, 2.45) is 0 Å². The lowest BCUT2D eigenvalue weighted by molar-refractivity contribution is -0.307. The van der Waals surface area contributed by atoms with E-state index in [2.05, 4.69) is 0 Å². The fraction of sp³-hybridized carbons (Fsp3) is 0.200. The second-order valence-corrected chi connectivity index (χ2v) is 5.68. The molecule has 3 rings (SSSR count). The first kappa shape index (κ1) is 19.1. The summed E-state index contributed by atoms with van der Waals surface area (Å²) in [5.41, 5.74) is 1.05. The summed E-state index contributed by atoms with van der Waals surface area (Å²) in [6.45, 7) is -0.501. The quantitative estimate of drug-likeness (QED) is 0.497. The number of hydrogen-bond acceptors (Lipinski definition) is 8. The highest BCUT2D eigenvalue weighted by Gasteiger charge is 2.19. The second-order valence-electron chi connectivity index (χ2n) is 5.68. The van der Waals surface area contributed by atoms with Gasteiger partial charge in [-0.2, -0.15) is 0 Å². The van der Waals surface area contributed by atoms with E-state index in [1.54, 1.807) is 18.2 Å². The Hall–Kier alpha value is -3.68. The molecule has 0 N–H and O–H groups in total. The summed E-state index contributed by atoms with van der Waals surface area (Å²) in [5, 5.41) is 10.5. The molecule has 1 aliphatic heterocycles. The van der Waals surface area contributed by atoms with Crippen LogP contribution in [0.3, 0.4) is 0 Å². The molecular formula is C20H17O8-. The first-order chi connectivity index (χ1) is 13.5. The third-order valence-corrected chi connectivity index (χ3v) is 3.90. The Morgan fingerprint density at radius 2 is 1.86 bits per heavy atom. The zero-order chi connectivity index (χ0) is 20.1. The van der Waals surface area contributed by atoms with Crippen LogP contribution in [-0.2, 0) is 4.79 Å². The van der Waals surface area contributed by atoms with Gasteiger partial charge in [0.15, 0.2) is 28.8 Å². The van der Waals surface area contributed by atoms with Crippen molar-refractivity contribution < 1.29 is 38.4 Å². The van der Waals surface area contributed by atoms with Crippen molar-refractivity contribution in [2.75, 3.05) is 27.6 Å². The average Bonchev–Trinajstić information content (AvgIpc) is 3.18. The van der Waals surface area contributed by atoms with Crippen LogP contribution >= 0.6 is 0 Å². The van der Waals surface area contributed by atoms with E-state index in [0.29, 0.717) is 28.4 Å². The number of methoxy groups -OCH3 is 2. The lowest BCUT2D eigenvalue weighted by Gasteiger charge is -2.11. The van der Waals surface area contributed by atoms with Crippen molar-refractivity contribution in [3.05, 3.63) is 47.5 Å². The zero-order valence-corrected chi connectivity index (χ0v) is 15.2. The van der Waals surface area contributed by atoms with E-state index >= 15 is 0 Å². The van der Waals surface area contributed by atoms with Crippen LogP contribution in [0, 0.1) is 0 Å². The molecule has 146 valence electrons. The number of ether oxygens (including phenoxy) is 5. The lowest BCUT2D eigenvalue weighted by Crippen LogP contribution is -2.29. The number of rotatable bonds is 8. The Morgan fingerprint density at radius 3 is 2.57 bits per heavy atom. The normalized spacial score (nSPS) is 12.1. The Kier molecular flexibility index (Phi) is 5.69. The highest BCUT2D eigenvalue weighted by Crippen LogP contribution is 2.42. The molecule has 0 saturated heterocycles. The van der Waals surface area contributed by atoms with Gasteiger partial charge in [-0.15, -0.1) is 0 Å². The van der Waals surface area contributed by atoms with E-state index in [1.807, 2.05) is 0 Å². The number of hydrogen-bond donors (Lipinski definition) is 0. The molecule has 0 amide bonds. The zero-order valence-electron chi connectivity index (χ0n) is 15.2. The molecule has 2 aromatic carbocycles. The highest BCUT2D eigenvalue weighted by atomic mass is 16.7. The minimum Gasteiger partial charge on any atom is -0.546 e. The van der Waals surface area contributed by atoms with Crippen LogP contribution < -0.4 is 28.8 Å². The van der Waals surface area contributed by atoms with E-state index in [9.17, 15) is 14.7 Å². The van der Waals surface area contributed by atoms with Crippen molar-refractivity contribution in [1.82, 2.24) is 0 Å². The SMILES string of the molecule is COc1cc(C(=O)/C=C/c2cc(OC)c3c(c2)OCO3)ccc1OCC(=O)[O-]. The predicted molar refractivity (Wildman–Crippen MR) is 96.0 cm³/mol. The Balaban J connectivity index is 1.78. The average molecular weight is 385 g/mol. The van der Waals surface area contributed by atoms with Gasteiger partial charge >= 0.3 is 0 Å². The summed E-state index contributed by atoms with van der Waals surface area (Å²) < 4.78 is 26.2. The van der Waals surface area contributed by atoms with E-state index in [4.69, 9.17) is 23.7 Å². The topological polar surface area (TPSA) is 103 Å². The van der Waals surface area contributed by atoms with Gasteiger partial charge in [-0.25, -0.2) is 0 Å². The van der Waals surface area contributed by atoms with E-state index in [0.717, 1.165) is 0 Å². The molecule has 1 heterocycles. The van der Waals surface area contributed by atoms with Gasteiger partial charge in [0.25, 0.3) is 0 Å². The van der Waals surface area contributed by atoms with Gasteiger partial charge in [0.2, 0.25) is 12.5 Å². The predicted octanol–water partition coefficient (Wildman–Crippen LogP) is 1.46. The van der Waals surface area contributed by atoms with Crippen LogP contribution in [0.4, 0.5) is 0 Å². The van der Waals surface area contributed by atoms with Crippen LogP contribution in [-0.4, -0.2) is 39.4 Å². The van der Waals surface area contributed by atoms with Crippen molar-refractivity contribution in [1.29, 1.82) is 0 Å². The van der Waals surface area contributed by atoms with Gasteiger partial charge in [-0.3, -0.25) is 4.79 Å². The number of fused-ring (bicyclic) bond motifs is 1. The number of allylic oxidation sites excluding steroid dienone is 1. The van der Waals surface area contributed by atoms with Crippen LogP contribution in [0.5, 0.6) is 28.7 Å². The summed E-state index contributed by atoms with van der Waals surface area (Å²) in [7, 11) is 2.91. The maximum atomic E-state index is 12.5. The number of benzene rings is 2. The molecule has 0 aromatic heterocycles. The van der Waals surface area contributed by atoms with Gasteiger partial charge in [0.05, 0.1) is 20.2 Å². The van der Waals surface area contributed by atoms with Crippen LogP contribution in [0.25, 0.3) is 6.08 Å². The minimum absolute atomic E-state index is 0.115. The minimum atomic E-state index is -1.36. The molecular weight excluding hydrogens is 368 g/mol. The summed E-state index contributed by atoms with van der Waals surface area (Å²) >= 11 is 0. The number of aliphatic carboxylic acids is 1. The van der Waals surface area contributed by atoms with Gasteiger partial charge < -0.3 is 33.6 Å². The highest BCUT2D eigenvalue weighted by molar-refractivity contribution is 6.07. The first-order valence-electron chi connectivity index (χ1n) is 8.22. The molecule has 0 aliphatic carbocycles. The maximum absolute atomic E-state index is 12.5. The second kappa shape index (κ2) is 8.34. The van der Waals surface area contributed by atoms with Gasteiger partial charge in [-0.05, 0) is 42.0 Å². The molecule has 8 heteroatoms. The van der Waals surface area contributed by atoms with Gasteiger partial charge in [0, 0.05) is 5.56 Å². The first-order valence-corrected chi connectivity index (χ1v) is 8.22. The number of ketones is 1. The van der Waals surface area contributed by atoms with E-state index in [-0.39, 0.29) is 24.1 Å². The van der Waals surface area contributed by atoms with E-state index in [1.165, 1.54) is 38.5 Å².